The molecular formula is C16H8Cl2N4O2. The molecule has 2 rings (SSSR count). The maximum atomic E-state index is 12.1. The van der Waals surface area contributed by atoms with Crippen LogP contribution in [0.1, 0.15) is 21.5 Å². The number of rotatable bonds is 2. The van der Waals surface area contributed by atoms with Crippen molar-refractivity contribution >= 4 is 40.8 Å². The summed E-state index contributed by atoms with van der Waals surface area (Å²) >= 11 is 11.8. The second-order valence-electron chi connectivity index (χ2n) is 4.53. The summed E-state index contributed by atoms with van der Waals surface area (Å²) in [5.41, 5.74) is 0.565. The Morgan fingerprint density at radius 2 is 1.50 bits per heavy atom. The van der Waals surface area contributed by atoms with Crippen LogP contribution in [0.25, 0.3) is 0 Å². The Morgan fingerprint density at radius 1 is 0.958 bits per heavy atom. The zero-order chi connectivity index (χ0) is 17.7. The van der Waals surface area contributed by atoms with Gasteiger partial charge in [0, 0.05) is 5.69 Å². The van der Waals surface area contributed by atoms with Gasteiger partial charge in [0.15, 0.2) is 0 Å². The summed E-state index contributed by atoms with van der Waals surface area (Å²) in [7, 11) is 0. The van der Waals surface area contributed by atoms with Gasteiger partial charge < -0.3 is 5.32 Å². The van der Waals surface area contributed by atoms with Gasteiger partial charge in [-0.1, -0.05) is 29.3 Å². The minimum Gasteiger partial charge on any atom is -0.308 e. The molecule has 0 unspecified atom stereocenters. The highest BCUT2D eigenvalue weighted by Gasteiger charge is 2.17. The van der Waals surface area contributed by atoms with Gasteiger partial charge in [0.2, 0.25) is 0 Å². The Balaban J connectivity index is 2.16. The number of nitrogens with zero attached hydrogens (tertiary/aromatic N) is 2. The molecule has 6 nitrogen and oxygen atoms in total. The van der Waals surface area contributed by atoms with Crippen LogP contribution in [0.5, 0.6) is 0 Å². The molecule has 8 heteroatoms. The van der Waals surface area contributed by atoms with E-state index in [4.69, 9.17) is 33.7 Å². The van der Waals surface area contributed by atoms with Crippen LogP contribution in [-0.2, 0) is 0 Å². The molecule has 0 aliphatic rings. The maximum Gasteiger partial charge on any atom is 0.326 e. The lowest BCUT2D eigenvalue weighted by Crippen LogP contribution is -2.34. The summed E-state index contributed by atoms with van der Waals surface area (Å²) in [5, 5.41) is 22.5. The monoisotopic (exact) mass is 358 g/mol. The van der Waals surface area contributed by atoms with Gasteiger partial charge >= 0.3 is 6.03 Å². The average molecular weight is 359 g/mol. The first-order valence-electron chi connectivity index (χ1n) is 6.46. The fourth-order valence-electron chi connectivity index (χ4n) is 1.87. The first-order valence-corrected chi connectivity index (χ1v) is 7.22. The molecule has 0 fully saturated rings. The number of carbonyl (C=O) groups is 2. The van der Waals surface area contributed by atoms with Crippen LogP contribution in [0, 0.1) is 22.7 Å². The number of hydrogen-bond acceptors (Lipinski definition) is 4. The molecule has 2 N–H and O–H groups in total. The van der Waals surface area contributed by atoms with Gasteiger partial charge in [-0.3, -0.25) is 10.1 Å². The molecule has 118 valence electrons. The van der Waals surface area contributed by atoms with Crippen LogP contribution in [0.4, 0.5) is 10.5 Å². The van der Waals surface area contributed by atoms with E-state index in [1.807, 2.05) is 12.1 Å². The average Bonchev–Trinajstić information content (AvgIpc) is 2.53. The first kappa shape index (κ1) is 17.3. The fourth-order valence-corrected chi connectivity index (χ4v) is 2.44. The van der Waals surface area contributed by atoms with E-state index in [2.05, 4.69) is 10.6 Å². The van der Waals surface area contributed by atoms with Crippen LogP contribution >= 0.6 is 23.2 Å². The Bertz CT molecular complexity index is 861. The van der Waals surface area contributed by atoms with E-state index in [1.54, 1.807) is 6.07 Å². The van der Waals surface area contributed by atoms with Gasteiger partial charge in [-0.25, -0.2) is 4.79 Å². The van der Waals surface area contributed by atoms with Crippen molar-refractivity contribution in [2.24, 2.45) is 0 Å². The van der Waals surface area contributed by atoms with Crippen molar-refractivity contribution in [3.05, 3.63) is 63.1 Å². The van der Waals surface area contributed by atoms with Gasteiger partial charge in [-0.15, -0.1) is 0 Å². The molecule has 2 aromatic rings. The summed E-state index contributed by atoms with van der Waals surface area (Å²) in [5.74, 6) is -0.778. The highest BCUT2D eigenvalue weighted by atomic mass is 35.5. The Labute approximate surface area is 147 Å². The van der Waals surface area contributed by atoms with Gasteiger partial charge in [0.05, 0.1) is 38.9 Å². The lowest BCUT2D eigenvalue weighted by molar-refractivity contribution is 0.0967. The van der Waals surface area contributed by atoms with E-state index >= 15 is 0 Å². The quantitative estimate of drug-likeness (QED) is 0.853. The smallest absolute Gasteiger partial charge is 0.308 e. The standard InChI is InChI=1S/C16H8Cl2N4O2/c17-12-2-1-3-13(18)14(12)15(23)22-16(24)21-11-5-9(7-19)4-10(6-11)8-20/h1-6H,(H2,21,22,23,24). The minimum absolute atomic E-state index is 0.0283. The molecule has 3 amide bonds. The number of amides is 3. The van der Waals surface area contributed by atoms with Crippen molar-refractivity contribution in [3.63, 3.8) is 0 Å². The second kappa shape index (κ2) is 7.47. The molecular weight excluding hydrogens is 351 g/mol. The maximum absolute atomic E-state index is 12.1. The zero-order valence-corrected chi connectivity index (χ0v) is 13.4. The number of imide groups is 1. The molecule has 0 radical (unpaired) electrons. The molecule has 0 bridgehead atoms. The largest absolute Gasteiger partial charge is 0.326 e. The van der Waals surface area contributed by atoms with Crippen LogP contribution in [0.15, 0.2) is 36.4 Å². The van der Waals surface area contributed by atoms with Crippen LogP contribution in [0.3, 0.4) is 0 Å². The molecule has 24 heavy (non-hydrogen) atoms. The third-order valence-corrected chi connectivity index (χ3v) is 3.50. The van der Waals surface area contributed by atoms with Crippen molar-refractivity contribution in [1.29, 1.82) is 10.5 Å². The Morgan fingerprint density at radius 3 is 2.00 bits per heavy atom. The molecule has 0 heterocycles. The molecule has 2 aromatic carbocycles. The predicted octanol–water partition coefficient (Wildman–Crippen LogP) is 3.70. The van der Waals surface area contributed by atoms with Gasteiger partial charge in [0.25, 0.3) is 5.91 Å². The highest BCUT2D eigenvalue weighted by molar-refractivity contribution is 6.40. The van der Waals surface area contributed by atoms with E-state index in [9.17, 15) is 9.59 Å². The summed E-state index contributed by atoms with van der Waals surface area (Å²) in [4.78, 5) is 24.0. The second-order valence-corrected chi connectivity index (χ2v) is 5.34. The van der Waals surface area contributed by atoms with Crippen molar-refractivity contribution in [2.75, 3.05) is 5.32 Å². The van der Waals surface area contributed by atoms with Crippen molar-refractivity contribution in [2.45, 2.75) is 0 Å². The third-order valence-electron chi connectivity index (χ3n) is 2.87. The summed E-state index contributed by atoms with van der Waals surface area (Å²) < 4.78 is 0. The normalized spacial score (nSPS) is 9.50. The fraction of sp³-hybridized carbons (Fsp3) is 0. The van der Waals surface area contributed by atoms with E-state index in [0.717, 1.165) is 0 Å². The lowest BCUT2D eigenvalue weighted by Gasteiger charge is -2.09. The van der Waals surface area contributed by atoms with Crippen LogP contribution in [0.2, 0.25) is 10.0 Å². The van der Waals surface area contributed by atoms with Gasteiger partial charge in [0.1, 0.15) is 0 Å². The SMILES string of the molecule is N#Cc1cc(C#N)cc(NC(=O)NC(=O)c2c(Cl)cccc2Cl)c1. The first-order chi connectivity index (χ1) is 11.4. The molecule has 0 aliphatic heterocycles. The van der Waals surface area contributed by atoms with Crippen LogP contribution < -0.4 is 10.6 Å². The zero-order valence-electron chi connectivity index (χ0n) is 11.9. The summed E-state index contributed by atoms with van der Waals surface area (Å²) in [6, 6.07) is 11.5. The number of nitrogens with one attached hydrogen (secondary N) is 2. The van der Waals surface area contributed by atoms with E-state index < -0.39 is 11.9 Å². The third kappa shape index (κ3) is 4.02. The van der Waals surface area contributed by atoms with E-state index in [1.165, 1.54) is 30.3 Å². The van der Waals surface area contributed by atoms with E-state index in [0.29, 0.717) is 0 Å². The van der Waals surface area contributed by atoms with Crippen molar-refractivity contribution in [1.82, 2.24) is 5.32 Å². The topological polar surface area (TPSA) is 106 Å². The molecule has 0 saturated carbocycles. The molecule has 0 aromatic heterocycles. The summed E-state index contributed by atoms with van der Waals surface area (Å²) in [6.07, 6.45) is 0. The van der Waals surface area contributed by atoms with Gasteiger partial charge in [-0.2, -0.15) is 10.5 Å². The number of hydrogen-bond donors (Lipinski definition) is 2. The Hall–Kier alpha value is -3.06. The highest BCUT2D eigenvalue weighted by Crippen LogP contribution is 2.24. The predicted molar refractivity (Wildman–Crippen MR) is 88.8 cm³/mol. The Kier molecular flexibility index (Phi) is 5.39. The molecule has 0 aliphatic carbocycles. The van der Waals surface area contributed by atoms with Gasteiger partial charge in [-0.05, 0) is 30.3 Å². The molecule has 0 atom stereocenters. The summed E-state index contributed by atoms with van der Waals surface area (Å²) in [6.45, 7) is 0. The lowest BCUT2D eigenvalue weighted by atomic mass is 10.1. The van der Waals surface area contributed by atoms with Crippen molar-refractivity contribution in [3.8, 4) is 12.1 Å². The number of halogens is 2. The number of nitriles is 2. The molecule has 0 spiro atoms. The minimum atomic E-state index is -0.852. The van der Waals surface area contributed by atoms with Crippen molar-refractivity contribution < 1.29 is 9.59 Å². The molecule has 0 saturated heterocycles. The number of urea groups is 1. The van der Waals surface area contributed by atoms with E-state index in [-0.39, 0.29) is 32.4 Å². The number of benzene rings is 2. The number of anilines is 1. The number of carbonyl (C=O) groups excluding carboxylic acids is 2. The van der Waals surface area contributed by atoms with Crippen LogP contribution in [-0.4, -0.2) is 11.9 Å².